The smallest absolute Gasteiger partial charge is 0.410 e. The van der Waals surface area contributed by atoms with E-state index in [0.717, 1.165) is 24.0 Å². The van der Waals surface area contributed by atoms with Gasteiger partial charge in [0.05, 0.1) is 0 Å². The first kappa shape index (κ1) is 16.3. The Bertz CT molecular complexity index is 499. The minimum absolute atomic E-state index is 0.214. The summed E-state index contributed by atoms with van der Waals surface area (Å²) in [6.45, 7) is 7.96. The molecule has 0 radical (unpaired) electrons. The SMILES string of the molecule is CC(C)(C)OC(=O)N1CCC(NCc2cccc(Br)c2)C1. The van der Waals surface area contributed by atoms with Crippen molar-refractivity contribution in [2.45, 2.75) is 45.4 Å². The number of rotatable bonds is 3. The molecular weight excluding hydrogens is 332 g/mol. The van der Waals surface area contributed by atoms with Crippen LogP contribution >= 0.6 is 15.9 Å². The van der Waals surface area contributed by atoms with Crippen molar-refractivity contribution in [1.29, 1.82) is 0 Å². The third-order valence-electron chi connectivity index (χ3n) is 3.32. The van der Waals surface area contributed by atoms with Gasteiger partial charge in [-0.1, -0.05) is 28.1 Å². The second-order valence-corrected chi connectivity index (χ2v) is 7.34. The summed E-state index contributed by atoms with van der Waals surface area (Å²) in [6.07, 6.45) is 0.752. The summed E-state index contributed by atoms with van der Waals surface area (Å²) in [5.41, 5.74) is 0.805. The van der Waals surface area contributed by atoms with Crippen LogP contribution in [0.5, 0.6) is 0 Å². The van der Waals surface area contributed by atoms with E-state index in [1.54, 1.807) is 4.90 Å². The van der Waals surface area contributed by atoms with Crippen molar-refractivity contribution in [2.24, 2.45) is 0 Å². The third-order valence-corrected chi connectivity index (χ3v) is 3.82. The zero-order valence-corrected chi connectivity index (χ0v) is 14.4. The van der Waals surface area contributed by atoms with Crippen molar-refractivity contribution >= 4 is 22.0 Å². The standard InChI is InChI=1S/C16H23BrN2O2/c1-16(2,3)21-15(20)19-8-7-14(11-19)18-10-12-5-4-6-13(17)9-12/h4-6,9,14,18H,7-8,10-11H2,1-3H3. The quantitative estimate of drug-likeness (QED) is 0.902. The second-order valence-electron chi connectivity index (χ2n) is 6.42. The lowest BCUT2D eigenvalue weighted by molar-refractivity contribution is 0.0291. The molecule has 1 saturated heterocycles. The maximum atomic E-state index is 12.0. The van der Waals surface area contributed by atoms with Crippen molar-refractivity contribution in [2.75, 3.05) is 13.1 Å². The second kappa shape index (κ2) is 6.79. The number of nitrogens with zero attached hydrogens (tertiary/aromatic N) is 1. The van der Waals surface area contributed by atoms with E-state index >= 15 is 0 Å². The average molecular weight is 355 g/mol. The zero-order chi connectivity index (χ0) is 15.5. The van der Waals surface area contributed by atoms with Gasteiger partial charge in [-0.05, 0) is 44.9 Å². The molecule has 1 aliphatic rings. The molecule has 1 heterocycles. The molecule has 0 saturated carbocycles. The summed E-state index contributed by atoms with van der Waals surface area (Å²) >= 11 is 3.47. The number of halogens is 1. The van der Waals surface area contributed by atoms with Crippen LogP contribution in [-0.4, -0.2) is 35.7 Å². The van der Waals surface area contributed by atoms with Crippen molar-refractivity contribution in [1.82, 2.24) is 10.2 Å². The predicted molar refractivity (Wildman–Crippen MR) is 87.2 cm³/mol. The van der Waals surface area contributed by atoms with E-state index < -0.39 is 5.60 Å². The Hall–Kier alpha value is -1.07. The number of ether oxygens (including phenoxy) is 1. The number of amides is 1. The molecule has 1 amide bonds. The Balaban J connectivity index is 1.79. The van der Waals surface area contributed by atoms with Crippen molar-refractivity contribution in [3.8, 4) is 0 Å². The van der Waals surface area contributed by atoms with Gasteiger partial charge in [-0.3, -0.25) is 0 Å². The summed E-state index contributed by atoms with van der Waals surface area (Å²) < 4.78 is 6.49. The predicted octanol–water partition coefficient (Wildman–Crippen LogP) is 3.55. The van der Waals surface area contributed by atoms with E-state index in [4.69, 9.17) is 4.74 Å². The highest BCUT2D eigenvalue weighted by molar-refractivity contribution is 9.10. The fourth-order valence-corrected chi connectivity index (χ4v) is 2.77. The summed E-state index contributed by atoms with van der Waals surface area (Å²) in [6, 6.07) is 8.58. The number of hydrogen-bond donors (Lipinski definition) is 1. The molecule has 0 aliphatic carbocycles. The molecular formula is C16H23BrN2O2. The first-order valence-corrected chi connectivity index (χ1v) is 8.08. The lowest BCUT2D eigenvalue weighted by atomic mass is 10.2. The first-order valence-electron chi connectivity index (χ1n) is 7.29. The summed E-state index contributed by atoms with van der Waals surface area (Å²) in [4.78, 5) is 13.8. The van der Waals surface area contributed by atoms with Crippen LogP contribution in [0.1, 0.15) is 32.8 Å². The zero-order valence-electron chi connectivity index (χ0n) is 12.9. The topological polar surface area (TPSA) is 41.6 Å². The maximum absolute atomic E-state index is 12.0. The van der Waals surface area contributed by atoms with Gasteiger partial charge in [-0.2, -0.15) is 0 Å². The van der Waals surface area contributed by atoms with Crippen LogP contribution in [-0.2, 0) is 11.3 Å². The maximum Gasteiger partial charge on any atom is 0.410 e. The molecule has 2 rings (SSSR count). The highest BCUT2D eigenvalue weighted by atomic mass is 79.9. The molecule has 0 spiro atoms. The molecule has 1 aliphatic heterocycles. The van der Waals surface area contributed by atoms with Crippen LogP contribution in [0.3, 0.4) is 0 Å². The van der Waals surface area contributed by atoms with Crippen LogP contribution in [0, 0.1) is 0 Å². The largest absolute Gasteiger partial charge is 0.444 e. The molecule has 1 aromatic rings. The Labute approximate surface area is 135 Å². The monoisotopic (exact) mass is 354 g/mol. The third kappa shape index (κ3) is 5.32. The lowest BCUT2D eigenvalue weighted by Crippen LogP contribution is -2.38. The van der Waals surface area contributed by atoms with Crippen molar-refractivity contribution in [3.63, 3.8) is 0 Å². The highest BCUT2D eigenvalue weighted by Gasteiger charge is 2.29. The Morgan fingerprint density at radius 1 is 1.48 bits per heavy atom. The van der Waals surface area contributed by atoms with E-state index in [-0.39, 0.29) is 6.09 Å². The van der Waals surface area contributed by atoms with Gasteiger partial charge in [0.25, 0.3) is 0 Å². The fraction of sp³-hybridized carbons (Fsp3) is 0.562. The number of likely N-dealkylation sites (tertiary alicyclic amines) is 1. The van der Waals surface area contributed by atoms with Gasteiger partial charge in [-0.25, -0.2) is 4.79 Å². The van der Waals surface area contributed by atoms with Gasteiger partial charge in [0, 0.05) is 30.1 Å². The van der Waals surface area contributed by atoms with Crippen LogP contribution in [0.4, 0.5) is 4.79 Å². The Kier molecular flexibility index (Phi) is 5.27. The molecule has 21 heavy (non-hydrogen) atoms. The number of benzene rings is 1. The van der Waals surface area contributed by atoms with Gasteiger partial charge in [-0.15, -0.1) is 0 Å². The van der Waals surface area contributed by atoms with Crippen molar-refractivity contribution < 1.29 is 9.53 Å². The number of hydrogen-bond acceptors (Lipinski definition) is 3. The first-order chi connectivity index (χ1) is 9.83. The molecule has 1 atom stereocenters. The summed E-state index contributed by atoms with van der Waals surface area (Å²) in [5, 5.41) is 3.50. The summed E-state index contributed by atoms with van der Waals surface area (Å²) in [5.74, 6) is 0. The van der Waals surface area contributed by atoms with Gasteiger partial charge in [0.1, 0.15) is 5.60 Å². The molecule has 1 aromatic carbocycles. The minimum atomic E-state index is -0.432. The van der Waals surface area contributed by atoms with E-state index in [1.807, 2.05) is 32.9 Å². The van der Waals surface area contributed by atoms with Gasteiger partial charge in [0.15, 0.2) is 0 Å². The van der Waals surface area contributed by atoms with E-state index in [9.17, 15) is 4.79 Å². The average Bonchev–Trinajstić information content (AvgIpc) is 2.83. The molecule has 1 N–H and O–H groups in total. The Morgan fingerprint density at radius 3 is 2.90 bits per heavy atom. The minimum Gasteiger partial charge on any atom is -0.444 e. The Morgan fingerprint density at radius 2 is 2.24 bits per heavy atom. The van der Waals surface area contributed by atoms with Gasteiger partial charge < -0.3 is 15.0 Å². The molecule has 116 valence electrons. The van der Waals surface area contributed by atoms with Crippen molar-refractivity contribution in [3.05, 3.63) is 34.3 Å². The van der Waals surface area contributed by atoms with Crippen LogP contribution < -0.4 is 5.32 Å². The van der Waals surface area contributed by atoms with E-state index in [1.165, 1.54) is 5.56 Å². The fourth-order valence-electron chi connectivity index (χ4n) is 2.33. The normalized spacial score (nSPS) is 18.9. The van der Waals surface area contributed by atoms with E-state index in [0.29, 0.717) is 12.6 Å². The molecule has 4 nitrogen and oxygen atoms in total. The lowest BCUT2D eigenvalue weighted by Gasteiger charge is -2.24. The van der Waals surface area contributed by atoms with E-state index in [2.05, 4.69) is 33.4 Å². The number of nitrogens with one attached hydrogen (secondary N) is 1. The van der Waals surface area contributed by atoms with Crippen LogP contribution in [0.2, 0.25) is 0 Å². The number of carbonyl (C=O) groups excluding carboxylic acids is 1. The highest BCUT2D eigenvalue weighted by Crippen LogP contribution is 2.16. The van der Waals surface area contributed by atoms with Gasteiger partial charge >= 0.3 is 6.09 Å². The molecule has 1 unspecified atom stereocenters. The molecule has 0 aromatic heterocycles. The molecule has 1 fully saturated rings. The van der Waals surface area contributed by atoms with Gasteiger partial charge in [0.2, 0.25) is 0 Å². The summed E-state index contributed by atoms with van der Waals surface area (Å²) in [7, 11) is 0. The number of carbonyl (C=O) groups is 1. The van der Waals surface area contributed by atoms with Crippen LogP contribution in [0.25, 0.3) is 0 Å². The molecule has 0 bridgehead atoms. The molecule has 5 heteroatoms. The van der Waals surface area contributed by atoms with Crippen LogP contribution in [0.15, 0.2) is 28.7 Å².